The Morgan fingerprint density at radius 3 is 2.74 bits per heavy atom. The number of thioether (sulfide) groups is 1. The van der Waals surface area contributed by atoms with Crippen molar-refractivity contribution in [3.05, 3.63) is 24.3 Å². The summed E-state index contributed by atoms with van der Waals surface area (Å²) in [6.07, 6.45) is 4.39. The third-order valence-corrected chi connectivity index (χ3v) is 4.00. The third-order valence-electron chi connectivity index (χ3n) is 3.29. The van der Waals surface area contributed by atoms with Crippen molar-refractivity contribution in [1.29, 1.82) is 0 Å². The molecule has 0 spiro atoms. The lowest BCUT2D eigenvalue weighted by Gasteiger charge is -2.26. The van der Waals surface area contributed by atoms with Gasteiger partial charge >= 0.3 is 0 Å². The lowest BCUT2D eigenvalue weighted by Crippen LogP contribution is -2.34. The molecule has 19 heavy (non-hydrogen) atoms. The normalized spacial score (nSPS) is 12.6. The van der Waals surface area contributed by atoms with Gasteiger partial charge in [-0.25, -0.2) is 0 Å². The first-order chi connectivity index (χ1) is 9.19. The second kappa shape index (κ2) is 9.10. The minimum absolute atomic E-state index is 0.664. The fraction of sp³-hybridized carbons (Fsp3) is 0.600. The number of para-hydroxylation sites is 2. The van der Waals surface area contributed by atoms with Crippen LogP contribution in [0.25, 0.3) is 0 Å². The van der Waals surface area contributed by atoms with Crippen molar-refractivity contribution >= 4 is 17.4 Å². The average molecular weight is 282 g/mol. The molecule has 1 rings (SSSR count). The molecule has 0 saturated carbocycles. The highest BCUT2D eigenvalue weighted by atomic mass is 32.2. The van der Waals surface area contributed by atoms with E-state index in [2.05, 4.69) is 25.1 Å². The number of anilines is 1. The molecule has 0 fully saturated rings. The van der Waals surface area contributed by atoms with Crippen molar-refractivity contribution in [3.8, 4) is 5.75 Å². The summed E-state index contributed by atoms with van der Waals surface area (Å²) in [6.45, 7) is 4.03. The van der Waals surface area contributed by atoms with Gasteiger partial charge in [0.1, 0.15) is 5.75 Å². The second-order valence-electron chi connectivity index (χ2n) is 4.74. The smallest absolute Gasteiger partial charge is 0.142 e. The summed E-state index contributed by atoms with van der Waals surface area (Å²) < 4.78 is 5.70. The summed E-state index contributed by atoms with van der Waals surface area (Å²) in [5, 5.41) is 0. The molecule has 0 radical (unpaired) electrons. The van der Waals surface area contributed by atoms with E-state index in [0.29, 0.717) is 18.3 Å². The van der Waals surface area contributed by atoms with E-state index in [1.165, 1.54) is 12.2 Å². The van der Waals surface area contributed by atoms with Crippen LogP contribution in [0, 0.1) is 0 Å². The first-order valence-corrected chi connectivity index (χ1v) is 8.24. The Morgan fingerprint density at radius 2 is 2.11 bits per heavy atom. The first-order valence-electron chi connectivity index (χ1n) is 6.85. The van der Waals surface area contributed by atoms with Crippen molar-refractivity contribution in [3.63, 3.8) is 0 Å². The minimum atomic E-state index is 0.664. The van der Waals surface area contributed by atoms with Crippen LogP contribution in [-0.4, -0.2) is 43.1 Å². The van der Waals surface area contributed by atoms with Crippen LogP contribution in [0.3, 0.4) is 0 Å². The number of ether oxygens (including phenoxy) is 1. The Balaban J connectivity index is 2.25. The monoisotopic (exact) mass is 282 g/mol. The quantitative estimate of drug-likeness (QED) is 0.558. The molecule has 1 atom stereocenters. The number of hydrogen-bond acceptors (Lipinski definition) is 4. The van der Waals surface area contributed by atoms with Gasteiger partial charge in [-0.05, 0) is 38.3 Å². The molecule has 0 heterocycles. The Bertz CT molecular complexity index is 360. The number of nitrogens with zero attached hydrogens (tertiary/aromatic N) is 1. The molecule has 1 aromatic rings. The number of rotatable bonds is 9. The Kier molecular flexibility index (Phi) is 7.75. The van der Waals surface area contributed by atoms with Gasteiger partial charge in [0.25, 0.3) is 0 Å². The fourth-order valence-electron chi connectivity index (χ4n) is 2.04. The van der Waals surface area contributed by atoms with Gasteiger partial charge < -0.3 is 15.4 Å². The molecule has 0 aliphatic heterocycles. The maximum atomic E-state index is 5.83. The van der Waals surface area contributed by atoms with Crippen molar-refractivity contribution < 1.29 is 4.74 Å². The number of nitrogens with two attached hydrogens (primary N) is 1. The van der Waals surface area contributed by atoms with Gasteiger partial charge in [0.2, 0.25) is 0 Å². The van der Waals surface area contributed by atoms with Gasteiger partial charge in [0, 0.05) is 18.3 Å². The summed E-state index contributed by atoms with van der Waals surface area (Å²) in [5.74, 6) is 1.99. The average Bonchev–Trinajstić information content (AvgIpc) is 2.42. The van der Waals surface area contributed by atoms with Crippen LogP contribution in [0.4, 0.5) is 5.69 Å². The van der Waals surface area contributed by atoms with E-state index >= 15 is 0 Å². The van der Waals surface area contributed by atoms with Crippen LogP contribution in [0.15, 0.2) is 24.3 Å². The molecule has 1 unspecified atom stereocenters. The van der Waals surface area contributed by atoms with Gasteiger partial charge in [-0.3, -0.25) is 0 Å². The topological polar surface area (TPSA) is 38.5 Å². The van der Waals surface area contributed by atoms with Crippen molar-refractivity contribution in [2.75, 3.05) is 37.9 Å². The summed E-state index contributed by atoms with van der Waals surface area (Å²) in [5.41, 5.74) is 6.55. The van der Waals surface area contributed by atoms with E-state index in [4.69, 9.17) is 10.5 Å². The molecule has 0 saturated heterocycles. The predicted octanol–water partition coefficient (Wildman–Crippen LogP) is 3.11. The van der Waals surface area contributed by atoms with E-state index in [1.54, 1.807) is 0 Å². The SMILES string of the molecule is CCC(CSC)N(C)CCCOc1ccccc1N. The molecular formula is C15H26N2OS. The number of nitrogen functional groups attached to an aromatic ring is 1. The predicted molar refractivity (Wildman–Crippen MR) is 86.1 cm³/mol. The molecule has 4 heteroatoms. The van der Waals surface area contributed by atoms with Crippen molar-refractivity contribution in [2.24, 2.45) is 0 Å². The molecule has 0 aliphatic carbocycles. The minimum Gasteiger partial charge on any atom is -0.491 e. The molecule has 0 aromatic heterocycles. The Labute approximate surface area is 121 Å². The molecule has 0 bridgehead atoms. The van der Waals surface area contributed by atoms with Crippen LogP contribution < -0.4 is 10.5 Å². The highest BCUT2D eigenvalue weighted by Crippen LogP contribution is 2.19. The van der Waals surface area contributed by atoms with E-state index in [-0.39, 0.29) is 0 Å². The maximum absolute atomic E-state index is 5.83. The third kappa shape index (κ3) is 5.74. The number of hydrogen-bond donors (Lipinski definition) is 1. The lowest BCUT2D eigenvalue weighted by atomic mass is 10.2. The van der Waals surface area contributed by atoms with Crippen LogP contribution >= 0.6 is 11.8 Å². The summed E-state index contributed by atoms with van der Waals surface area (Å²) in [4.78, 5) is 2.42. The zero-order valence-electron chi connectivity index (χ0n) is 12.3. The lowest BCUT2D eigenvalue weighted by molar-refractivity contribution is 0.223. The number of benzene rings is 1. The van der Waals surface area contributed by atoms with Crippen LogP contribution in [-0.2, 0) is 0 Å². The maximum Gasteiger partial charge on any atom is 0.142 e. The summed E-state index contributed by atoms with van der Waals surface area (Å²) in [6, 6.07) is 8.32. The van der Waals surface area contributed by atoms with Crippen molar-refractivity contribution in [2.45, 2.75) is 25.8 Å². The van der Waals surface area contributed by atoms with E-state index in [1.807, 2.05) is 36.0 Å². The highest BCUT2D eigenvalue weighted by molar-refractivity contribution is 7.98. The highest BCUT2D eigenvalue weighted by Gasteiger charge is 2.11. The molecule has 0 amide bonds. The largest absolute Gasteiger partial charge is 0.491 e. The molecule has 3 nitrogen and oxygen atoms in total. The molecule has 0 aliphatic rings. The zero-order valence-corrected chi connectivity index (χ0v) is 13.1. The molecule has 108 valence electrons. The Hall–Kier alpha value is -0.870. The van der Waals surface area contributed by atoms with E-state index in [0.717, 1.165) is 18.7 Å². The van der Waals surface area contributed by atoms with Crippen molar-refractivity contribution in [1.82, 2.24) is 4.90 Å². The van der Waals surface area contributed by atoms with Crippen LogP contribution in [0.5, 0.6) is 5.75 Å². The summed E-state index contributed by atoms with van der Waals surface area (Å²) in [7, 11) is 2.20. The van der Waals surface area contributed by atoms with E-state index in [9.17, 15) is 0 Å². The molecule has 1 aromatic carbocycles. The van der Waals surface area contributed by atoms with E-state index < -0.39 is 0 Å². The molecular weight excluding hydrogens is 256 g/mol. The zero-order chi connectivity index (χ0) is 14.1. The summed E-state index contributed by atoms with van der Waals surface area (Å²) >= 11 is 1.91. The van der Waals surface area contributed by atoms with Gasteiger partial charge in [-0.15, -0.1) is 0 Å². The molecule has 2 N–H and O–H groups in total. The van der Waals surface area contributed by atoms with Gasteiger partial charge in [-0.2, -0.15) is 11.8 Å². The van der Waals surface area contributed by atoms with Crippen LogP contribution in [0.2, 0.25) is 0 Å². The van der Waals surface area contributed by atoms with Gasteiger partial charge in [0.05, 0.1) is 12.3 Å². The fourth-order valence-corrected chi connectivity index (χ4v) is 2.91. The van der Waals surface area contributed by atoms with Gasteiger partial charge in [0.15, 0.2) is 0 Å². The standard InChI is InChI=1S/C15H26N2OS/c1-4-13(12-19-3)17(2)10-7-11-18-15-9-6-5-8-14(15)16/h5-6,8-9,13H,4,7,10-12,16H2,1-3H3. The first kappa shape index (κ1) is 16.2. The second-order valence-corrected chi connectivity index (χ2v) is 5.65. The Morgan fingerprint density at radius 1 is 1.37 bits per heavy atom. The van der Waals surface area contributed by atoms with Gasteiger partial charge in [-0.1, -0.05) is 19.1 Å². The van der Waals surface area contributed by atoms with Crippen LogP contribution in [0.1, 0.15) is 19.8 Å².